The van der Waals surface area contributed by atoms with Gasteiger partial charge in [0.2, 0.25) is 0 Å². The third kappa shape index (κ3) is 3.16. The maximum absolute atomic E-state index is 8.96. The van der Waals surface area contributed by atoms with E-state index in [1.807, 2.05) is 31.3 Å². The summed E-state index contributed by atoms with van der Waals surface area (Å²) in [4.78, 5) is 3.32. The predicted molar refractivity (Wildman–Crippen MR) is 83.4 cm³/mol. The van der Waals surface area contributed by atoms with E-state index in [-0.39, 0.29) is 6.04 Å². The van der Waals surface area contributed by atoms with Gasteiger partial charge in [-0.05, 0) is 46.3 Å². The third-order valence-electron chi connectivity index (χ3n) is 3.00. The Bertz CT molecular complexity index is 603. The largest absolute Gasteiger partial charge is 0.365 e. The molecule has 0 amide bonds. The lowest BCUT2D eigenvalue weighted by Crippen LogP contribution is -2.29. The Labute approximate surface area is 125 Å². The number of nitrogens with zero attached hydrogens (tertiary/aromatic N) is 2. The van der Waals surface area contributed by atoms with E-state index in [0.717, 1.165) is 9.47 Å². The number of hydrogen-bond acceptors (Lipinski definition) is 4. The predicted octanol–water partition coefficient (Wildman–Crippen LogP) is 3.52. The van der Waals surface area contributed by atoms with Crippen molar-refractivity contribution in [3.63, 3.8) is 0 Å². The van der Waals surface area contributed by atoms with Gasteiger partial charge in [0.1, 0.15) is 0 Å². The molecule has 2 rings (SSSR count). The van der Waals surface area contributed by atoms with Crippen molar-refractivity contribution in [1.82, 2.24) is 0 Å². The summed E-state index contributed by atoms with van der Waals surface area (Å²) in [6.07, 6.45) is 0. The molecule has 0 bridgehead atoms. The van der Waals surface area contributed by atoms with Gasteiger partial charge in [-0.2, -0.15) is 5.26 Å². The Balaban J connectivity index is 2.30. The van der Waals surface area contributed by atoms with Crippen LogP contribution in [-0.4, -0.2) is 13.6 Å². The Morgan fingerprint density at radius 1 is 1.42 bits per heavy atom. The second-order valence-electron chi connectivity index (χ2n) is 4.17. The molecule has 0 radical (unpaired) electrons. The van der Waals surface area contributed by atoms with Crippen LogP contribution in [0.15, 0.2) is 40.2 Å². The van der Waals surface area contributed by atoms with E-state index in [1.165, 1.54) is 4.88 Å². The van der Waals surface area contributed by atoms with Gasteiger partial charge in [0.05, 0.1) is 21.5 Å². The van der Waals surface area contributed by atoms with Crippen molar-refractivity contribution in [2.24, 2.45) is 5.73 Å². The fourth-order valence-corrected chi connectivity index (χ4v) is 3.53. The van der Waals surface area contributed by atoms with Gasteiger partial charge in [-0.3, -0.25) is 0 Å². The summed E-state index contributed by atoms with van der Waals surface area (Å²) in [7, 11) is 2.00. The second-order valence-corrected chi connectivity index (χ2v) is 6.66. The highest BCUT2D eigenvalue weighted by Crippen LogP contribution is 2.32. The molecular formula is C14H14BrN3S. The minimum atomic E-state index is 0.116. The van der Waals surface area contributed by atoms with Gasteiger partial charge in [-0.25, -0.2) is 0 Å². The van der Waals surface area contributed by atoms with E-state index in [0.29, 0.717) is 12.1 Å². The maximum Gasteiger partial charge on any atom is 0.0992 e. The molecule has 1 atom stereocenters. The number of rotatable bonds is 4. The fourth-order valence-electron chi connectivity index (χ4n) is 1.95. The van der Waals surface area contributed by atoms with Crippen molar-refractivity contribution in [1.29, 1.82) is 5.26 Å². The SMILES string of the molecule is CN(c1cccc(C#N)c1)C(CN)c1ccc(Br)s1. The number of nitrogens with two attached hydrogens (primary N) is 1. The Hall–Kier alpha value is -1.35. The molecule has 0 saturated carbocycles. The number of anilines is 1. The fraction of sp³-hybridized carbons (Fsp3) is 0.214. The Kier molecular flexibility index (Phi) is 4.59. The molecule has 0 saturated heterocycles. The minimum Gasteiger partial charge on any atom is -0.365 e. The normalized spacial score (nSPS) is 11.9. The summed E-state index contributed by atoms with van der Waals surface area (Å²) in [5.74, 6) is 0. The first-order chi connectivity index (χ1) is 9.15. The second kappa shape index (κ2) is 6.20. The molecule has 98 valence electrons. The van der Waals surface area contributed by atoms with Crippen LogP contribution in [0.3, 0.4) is 0 Å². The smallest absolute Gasteiger partial charge is 0.0992 e. The topological polar surface area (TPSA) is 53.0 Å². The van der Waals surface area contributed by atoms with Crippen molar-refractivity contribution in [2.75, 3.05) is 18.5 Å². The average molecular weight is 336 g/mol. The van der Waals surface area contributed by atoms with Crippen molar-refractivity contribution >= 4 is 33.0 Å². The standard InChI is InChI=1S/C14H14BrN3S/c1-18(11-4-2-3-10(7-11)8-16)12(9-17)13-5-6-14(15)19-13/h2-7,12H,9,17H2,1H3. The van der Waals surface area contributed by atoms with Crippen LogP contribution in [0.5, 0.6) is 0 Å². The van der Waals surface area contributed by atoms with Crippen LogP contribution >= 0.6 is 27.3 Å². The number of nitriles is 1. The molecule has 0 fully saturated rings. The zero-order valence-electron chi connectivity index (χ0n) is 10.5. The lowest BCUT2D eigenvalue weighted by Gasteiger charge is -2.28. The van der Waals surface area contributed by atoms with E-state index in [9.17, 15) is 0 Å². The van der Waals surface area contributed by atoms with Crippen LogP contribution in [0.4, 0.5) is 5.69 Å². The van der Waals surface area contributed by atoms with Crippen LogP contribution in [0, 0.1) is 11.3 Å². The van der Waals surface area contributed by atoms with Crippen LogP contribution in [0.2, 0.25) is 0 Å². The highest BCUT2D eigenvalue weighted by atomic mass is 79.9. The van der Waals surface area contributed by atoms with Crippen LogP contribution in [-0.2, 0) is 0 Å². The molecule has 3 nitrogen and oxygen atoms in total. The van der Waals surface area contributed by atoms with Gasteiger partial charge < -0.3 is 10.6 Å². The van der Waals surface area contributed by atoms with E-state index in [4.69, 9.17) is 11.0 Å². The number of halogens is 1. The van der Waals surface area contributed by atoms with Gasteiger partial charge in [-0.1, -0.05) is 6.07 Å². The van der Waals surface area contributed by atoms with Crippen molar-refractivity contribution in [3.05, 3.63) is 50.6 Å². The molecule has 2 aromatic rings. The van der Waals surface area contributed by atoms with Crippen LogP contribution in [0.25, 0.3) is 0 Å². The Morgan fingerprint density at radius 3 is 2.79 bits per heavy atom. The Morgan fingerprint density at radius 2 is 2.21 bits per heavy atom. The molecule has 1 aromatic heterocycles. The first-order valence-electron chi connectivity index (χ1n) is 5.84. The van der Waals surface area contributed by atoms with E-state index in [1.54, 1.807) is 17.4 Å². The maximum atomic E-state index is 8.96. The summed E-state index contributed by atoms with van der Waals surface area (Å²) >= 11 is 5.16. The number of thiophene rings is 1. The zero-order chi connectivity index (χ0) is 13.8. The van der Waals surface area contributed by atoms with E-state index in [2.05, 4.69) is 33.0 Å². The quantitative estimate of drug-likeness (QED) is 0.929. The molecular weight excluding hydrogens is 322 g/mol. The molecule has 2 N–H and O–H groups in total. The summed E-state index contributed by atoms with van der Waals surface area (Å²) in [5.41, 5.74) is 7.57. The lowest BCUT2D eigenvalue weighted by molar-refractivity contribution is 0.692. The molecule has 5 heteroatoms. The van der Waals surface area contributed by atoms with Gasteiger partial charge in [-0.15, -0.1) is 11.3 Å². The molecule has 0 aliphatic rings. The molecule has 1 heterocycles. The molecule has 1 aromatic carbocycles. The molecule has 0 aliphatic heterocycles. The highest BCUT2D eigenvalue weighted by molar-refractivity contribution is 9.11. The van der Waals surface area contributed by atoms with E-state index < -0.39 is 0 Å². The third-order valence-corrected chi connectivity index (χ3v) is 4.72. The summed E-state index contributed by atoms with van der Waals surface area (Å²) in [6, 6.07) is 14.0. The first-order valence-corrected chi connectivity index (χ1v) is 7.45. The zero-order valence-corrected chi connectivity index (χ0v) is 12.9. The van der Waals surface area contributed by atoms with Crippen molar-refractivity contribution in [2.45, 2.75) is 6.04 Å². The summed E-state index contributed by atoms with van der Waals surface area (Å²) < 4.78 is 1.10. The van der Waals surface area contributed by atoms with Gasteiger partial charge >= 0.3 is 0 Å². The number of hydrogen-bond donors (Lipinski definition) is 1. The van der Waals surface area contributed by atoms with Crippen molar-refractivity contribution < 1.29 is 0 Å². The van der Waals surface area contributed by atoms with Gasteiger partial charge in [0, 0.05) is 24.2 Å². The highest BCUT2D eigenvalue weighted by Gasteiger charge is 2.18. The van der Waals surface area contributed by atoms with Crippen molar-refractivity contribution in [3.8, 4) is 6.07 Å². The number of likely N-dealkylation sites (N-methyl/N-ethyl adjacent to an activating group) is 1. The first kappa shape index (κ1) is 14.1. The van der Waals surface area contributed by atoms with Crippen LogP contribution < -0.4 is 10.6 Å². The average Bonchev–Trinajstić information content (AvgIpc) is 2.86. The summed E-state index contributed by atoms with van der Waals surface area (Å²) in [5, 5.41) is 8.96. The van der Waals surface area contributed by atoms with Crippen LogP contribution in [0.1, 0.15) is 16.5 Å². The number of benzene rings is 1. The van der Waals surface area contributed by atoms with E-state index >= 15 is 0 Å². The minimum absolute atomic E-state index is 0.116. The summed E-state index contributed by atoms with van der Waals surface area (Å²) in [6.45, 7) is 0.528. The molecule has 19 heavy (non-hydrogen) atoms. The molecule has 0 aliphatic carbocycles. The lowest BCUT2D eigenvalue weighted by atomic mass is 10.1. The van der Waals surface area contributed by atoms with Gasteiger partial charge in [0.25, 0.3) is 0 Å². The van der Waals surface area contributed by atoms with Gasteiger partial charge in [0.15, 0.2) is 0 Å². The molecule has 0 spiro atoms. The molecule has 1 unspecified atom stereocenters. The monoisotopic (exact) mass is 335 g/mol.